The number of aromatic amines is 1. The molecule has 0 aromatic carbocycles. The van der Waals surface area contributed by atoms with Crippen molar-refractivity contribution in [1.82, 2.24) is 19.9 Å². The van der Waals surface area contributed by atoms with Gasteiger partial charge in [0.05, 0.1) is 11.5 Å². The van der Waals surface area contributed by atoms with Crippen molar-refractivity contribution in [2.24, 2.45) is 0 Å². The minimum atomic E-state index is -0.583. The third-order valence-electron chi connectivity index (χ3n) is 1.91. The molecule has 0 saturated heterocycles. The van der Waals surface area contributed by atoms with E-state index in [-0.39, 0.29) is 23.3 Å². The maximum atomic E-state index is 10.7. The number of nitrogens with zero attached hydrogens (tertiary/aromatic N) is 4. The third-order valence-corrected chi connectivity index (χ3v) is 2.10. The number of hydrogen-bond acceptors (Lipinski definition) is 6. The van der Waals surface area contributed by atoms with Crippen LogP contribution in [0, 0.1) is 10.1 Å². The second kappa shape index (κ2) is 4.74. The van der Waals surface area contributed by atoms with Crippen LogP contribution in [0.4, 0.5) is 11.5 Å². The van der Waals surface area contributed by atoms with Gasteiger partial charge in [-0.15, -0.1) is 0 Å². The van der Waals surface area contributed by atoms with E-state index >= 15 is 0 Å². The van der Waals surface area contributed by atoms with Crippen LogP contribution in [0.2, 0.25) is 5.28 Å². The zero-order valence-corrected chi connectivity index (χ0v) is 9.18. The predicted octanol–water partition coefficient (Wildman–Crippen LogP) is 1.37. The summed E-state index contributed by atoms with van der Waals surface area (Å²) in [5.74, 6) is 0.695. The number of H-pyrrole nitrogens is 1. The SMILES string of the molecule is O=[N+]([O-])c1cnc(Cl)nc1NCc1ncc[nH]1. The highest BCUT2D eigenvalue weighted by atomic mass is 35.5. The van der Waals surface area contributed by atoms with Crippen LogP contribution in [-0.4, -0.2) is 24.9 Å². The lowest BCUT2D eigenvalue weighted by atomic mass is 10.4. The van der Waals surface area contributed by atoms with Crippen molar-refractivity contribution < 1.29 is 4.92 Å². The number of rotatable bonds is 4. The van der Waals surface area contributed by atoms with Crippen molar-refractivity contribution in [2.45, 2.75) is 6.54 Å². The van der Waals surface area contributed by atoms with Gasteiger partial charge in [0.2, 0.25) is 11.1 Å². The first-order valence-corrected chi connectivity index (χ1v) is 4.93. The number of aromatic nitrogens is 4. The normalized spacial score (nSPS) is 10.2. The molecule has 2 aromatic rings. The summed E-state index contributed by atoms with van der Waals surface area (Å²) in [5.41, 5.74) is -0.235. The molecule has 0 fully saturated rings. The minimum absolute atomic E-state index is 0.0578. The summed E-state index contributed by atoms with van der Waals surface area (Å²) in [6.07, 6.45) is 4.29. The van der Waals surface area contributed by atoms with E-state index < -0.39 is 4.92 Å². The van der Waals surface area contributed by atoms with E-state index in [4.69, 9.17) is 11.6 Å². The summed E-state index contributed by atoms with van der Waals surface area (Å²) < 4.78 is 0. The Bertz CT molecular complexity index is 529. The number of halogens is 1. The number of imidazole rings is 1. The Kier molecular flexibility index (Phi) is 3.15. The molecule has 0 bridgehead atoms. The first kappa shape index (κ1) is 11.3. The number of nitrogens with one attached hydrogen (secondary N) is 2. The fourth-order valence-corrected chi connectivity index (χ4v) is 1.31. The Morgan fingerprint density at radius 2 is 2.35 bits per heavy atom. The van der Waals surface area contributed by atoms with Gasteiger partial charge in [-0.2, -0.15) is 4.98 Å². The van der Waals surface area contributed by atoms with Crippen LogP contribution in [0.3, 0.4) is 0 Å². The zero-order valence-electron chi connectivity index (χ0n) is 8.42. The van der Waals surface area contributed by atoms with Crippen LogP contribution < -0.4 is 5.32 Å². The molecule has 17 heavy (non-hydrogen) atoms. The molecule has 2 aromatic heterocycles. The van der Waals surface area contributed by atoms with Gasteiger partial charge >= 0.3 is 5.69 Å². The summed E-state index contributed by atoms with van der Waals surface area (Å²) in [7, 11) is 0. The lowest BCUT2D eigenvalue weighted by Crippen LogP contribution is -2.06. The molecule has 8 nitrogen and oxygen atoms in total. The maximum absolute atomic E-state index is 10.7. The summed E-state index contributed by atoms with van der Waals surface area (Å²) in [6, 6.07) is 0. The quantitative estimate of drug-likeness (QED) is 0.484. The lowest BCUT2D eigenvalue weighted by molar-refractivity contribution is -0.384. The van der Waals surface area contributed by atoms with Gasteiger partial charge in [0.25, 0.3) is 0 Å². The van der Waals surface area contributed by atoms with Gasteiger partial charge in [0.1, 0.15) is 12.0 Å². The van der Waals surface area contributed by atoms with E-state index in [1.165, 1.54) is 0 Å². The summed E-state index contributed by atoms with van der Waals surface area (Å²) in [5, 5.41) is 13.4. The Balaban J connectivity index is 2.19. The Hall–Kier alpha value is -2.22. The zero-order chi connectivity index (χ0) is 12.3. The minimum Gasteiger partial charge on any atom is -0.357 e. The first-order chi connectivity index (χ1) is 8.16. The molecule has 0 aliphatic heterocycles. The van der Waals surface area contributed by atoms with Gasteiger partial charge in [-0.25, -0.2) is 9.97 Å². The second-order valence-electron chi connectivity index (χ2n) is 3.02. The van der Waals surface area contributed by atoms with Crippen molar-refractivity contribution in [1.29, 1.82) is 0 Å². The molecule has 0 amide bonds. The molecule has 2 N–H and O–H groups in total. The number of anilines is 1. The van der Waals surface area contributed by atoms with E-state index in [9.17, 15) is 10.1 Å². The van der Waals surface area contributed by atoms with Gasteiger partial charge in [-0.1, -0.05) is 0 Å². The van der Waals surface area contributed by atoms with Gasteiger partial charge in [0, 0.05) is 12.4 Å². The highest BCUT2D eigenvalue weighted by molar-refractivity contribution is 6.28. The summed E-state index contributed by atoms with van der Waals surface area (Å²) in [6.45, 7) is 0.279. The average Bonchev–Trinajstić information content (AvgIpc) is 2.78. The molecule has 2 rings (SSSR count). The van der Waals surface area contributed by atoms with Gasteiger partial charge in [-0.3, -0.25) is 10.1 Å². The molecule has 9 heteroatoms. The van der Waals surface area contributed by atoms with Crippen molar-refractivity contribution in [3.8, 4) is 0 Å². The van der Waals surface area contributed by atoms with E-state index in [0.29, 0.717) is 5.82 Å². The lowest BCUT2D eigenvalue weighted by Gasteiger charge is -2.03. The van der Waals surface area contributed by atoms with Crippen molar-refractivity contribution in [3.05, 3.63) is 39.8 Å². The monoisotopic (exact) mass is 254 g/mol. The van der Waals surface area contributed by atoms with E-state index in [1.54, 1.807) is 12.4 Å². The molecule has 0 unspecified atom stereocenters. The smallest absolute Gasteiger partial charge is 0.329 e. The second-order valence-corrected chi connectivity index (χ2v) is 3.36. The van der Waals surface area contributed by atoms with Gasteiger partial charge in [-0.05, 0) is 11.6 Å². The van der Waals surface area contributed by atoms with Crippen molar-refractivity contribution >= 4 is 23.1 Å². The molecule has 88 valence electrons. The Morgan fingerprint density at radius 3 is 3.00 bits per heavy atom. The summed E-state index contributed by atoms with van der Waals surface area (Å²) >= 11 is 5.57. The Morgan fingerprint density at radius 1 is 1.53 bits per heavy atom. The van der Waals surface area contributed by atoms with Crippen LogP contribution in [0.15, 0.2) is 18.6 Å². The first-order valence-electron chi connectivity index (χ1n) is 4.56. The number of nitro groups is 1. The highest BCUT2D eigenvalue weighted by Gasteiger charge is 2.16. The van der Waals surface area contributed by atoms with Gasteiger partial charge < -0.3 is 10.3 Å². The fourth-order valence-electron chi connectivity index (χ4n) is 1.18. The molecule has 0 aliphatic carbocycles. The topological polar surface area (TPSA) is 110 Å². The van der Waals surface area contributed by atoms with E-state index in [0.717, 1.165) is 6.20 Å². The molecular formula is C8H7ClN6O2. The van der Waals surface area contributed by atoms with Crippen LogP contribution in [0.5, 0.6) is 0 Å². The molecule has 0 radical (unpaired) electrons. The predicted molar refractivity (Wildman–Crippen MR) is 59.6 cm³/mol. The van der Waals surface area contributed by atoms with Crippen LogP contribution >= 0.6 is 11.6 Å². The van der Waals surface area contributed by atoms with Gasteiger partial charge in [0.15, 0.2) is 0 Å². The average molecular weight is 255 g/mol. The molecule has 0 saturated carbocycles. The standard InChI is InChI=1S/C8H7ClN6O2/c9-8-13-3-5(15(16)17)7(14-8)12-4-6-10-1-2-11-6/h1-3H,4H2,(H,10,11)(H,12,13,14). The largest absolute Gasteiger partial charge is 0.357 e. The molecular weight excluding hydrogens is 248 g/mol. The molecule has 2 heterocycles. The van der Waals surface area contributed by atoms with Crippen molar-refractivity contribution in [2.75, 3.05) is 5.32 Å². The van der Waals surface area contributed by atoms with E-state index in [1.807, 2.05) is 0 Å². The highest BCUT2D eigenvalue weighted by Crippen LogP contribution is 2.22. The third kappa shape index (κ3) is 2.67. The Labute approximate surface area is 100 Å². The molecule has 0 spiro atoms. The van der Waals surface area contributed by atoms with Crippen molar-refractivity contribution in [3.63, 3.8) is 0 Å². The maximum Gasteiger partial charge on any atom is 0.329 e. The summed E-state index contributed by atoms with van der Waals surface area (Å²) in [4.78, 5) is 24.3. The number of hydrogen-bond donors (Lipinski definition) is 2. The van der Waals surface area contributed by atoms with Crippen LogP contribution in [-0.2, 0) is 6.54 Å². The van der Waals surface area contributed by atoms with Crippen LogP contribution in [0.1, 0.15) is 5.82 Å². The molecule has 0 atom stereocenters. The molecule has 0 aliphatic rings. The van der Waals surface area contributed by atoms with Crippen LogP contribution in [0.25, 0.3) is 0 Å². The van der Waals surface area contributed by atoms with E-state index in [2.05, 4.69) is 25.3 Å². The fraction of sp³-hybridized carbons (Fsp3) is 0.125.